The Kier molecular flexibility index (Phi) is 2.95. The van der Waals surface area contributed by atoms with E-state index in [0.29, 0.717) is 5.02 Å². The van der Waals surface area contributed by atoms with Crippen LogP contribution in [0.3, 0.4) is 0 Å². The molecular weight excluding hydrogens is 293 g/mol. The summed E-state index contributed by atoms with van der Waals surface area (Å²) in [6.45, 7) is 1.84. The number of nitrogens with zero attached hydrogens (tertiary/aromatic N) is 1. The Morgan fingerprint density at radius 3 is 2.81 bits per heavy atom. The standard InChI is InChI=1S/C11H9BrClNO2/c1-6-5-7-9(14(6)11(15)16-2)4-3-8(13)10(7)12/h3-5H,1-2H3. The number of aromatic nitrogens is 1. The maximum absolute atomic E-state index is 11.6. The van der Waals surface area contributed by atoms with Crippen molar-refractivity contribution >= 4 is 44.5 Å². The number of hydrogen-bond acceptors (Lipinski definition) is 2. The molecule has 2 aromatic rings. The molecule has 2 rings (SSSR count). The van der Waals surface area contributed by atoms with Crippen molar-refractivity contribution in [1.29, 1.82) is 0 Å². The lowest BCUT2D eigenvalue weighted by Gasteiger charge is -2.05. The van der Waals surface area contributed by atoms with Crippen molar-refractivity contribution in [3.63, 3.8) is 0 Å². The molecule has 0 amide bonds. The fourth-order valence-electron chi connectivity index (χ4n) is 1.69. The highest BCUT2D eigenvalue weighted by molar-refractivity contribution is 9.10. The van der Waals surface area contributed by atoms with Crippen LogP contribution in [0.2, 0.25) is 5.02 Å². The van der Waals surface area contributed by atoms with Crippen LogP contribution in [0.4, 0.5) is 4.79 Å². The lowest BCUT2D eigenvalue weighted by Crippen LogP contribution is -2.12. The number of carbonyl (C=O) groups excluding carboxylic acids is 1. The molecule has 16 heavy (non-hydrogen) atoms. The van der Waals surface area contributed by atoms with E-state index < -0.39 is 6.09 Å². The second-order valence-electron chi connectivity index (χ2n) is 3.39. The van der Waals surface area contributed by atoms with E-state index in [-0.39, 0.29) is 0 Å². The van der Waals surface area contributed by atoms with Crippen molar-refractivity contribution in [3.8, 4) is 0 Å². The van der Waals surface area contributed by atoms with E-state index in [2.05, 4.69) is 15.9 Å². The van der Waals surface area contributed by atoms with Gasteiger partial charge in [-0.05, 0) is 41.1 Å². The van der Waals surface area contributed by atoms with Gasteiger partial charge in [-0.1, -0.05) is 11.6 Å². The number of benzene rings is 1. The Morgan fingerprint density at radius 1 is 1.50 bits per heavy atom. The zero-order valence-corrected chi connectivity index (χ0v) is 11.1. The zero-order valence-electron chi connectivity index (χ0n) is 8.75. The second kappa shape index (κ2) is 4.11. The molecule has 0 saturated heterocycles. The largest absolute Gasteiger partial charge is 0.452 e. The van der Waals surface area contributed by atoms with Crippen LogP contribution in [-0.4, -0.2) is 17.8 Å². The van der Waals surface area contributed by atoms with Gasteiger partial charge in [-0.2, -0.15) is 0 Å². The van der Waals surface area contributed by atoms with Crippen LogP contribution in [-0.2, 0) is 4.74 Å². The summed E-state index contributed by atoms with van der Waals surface area (Å²) in [6, 6.07) is 5.43. The van der Waals surface area contributed by atoms with Gasteiger partial charge in [-0.25, -0.2) is 9.36 Å². The summed E-state index contributed by atoms with van der Waals surface area (Å²) in [5, 5.41) is 1.52. The summed E-state index contributed by atoms with van der Waals surface area (Å²) in [4.78, 5) is 11.6. The van der Waals surface area contributed by atoms with Gasteiger partial charge in [-0.15, -0.1) is 0 Å². The van der Waals surface area contributed by atoms with Crippen molar-refractivity contribution in [2.24, 2.45) is 0 Å². The highest BCUT2D eigenvalue weighted by Crippen LogP contribution is 2.33. The molecular formula is C11H9BrClNO2. The first kappa shape index (κ1) is 11.5. The number of aryl methyl sites for hydroxylation is 1. The van der Waals surface area contributed by atoms with Crippen LogP contribution in [0.5, 0.6) is 0 Å². The van der Waals surface area contributed by atoms with Gasteiger partial charge in [0, 0.05) is 15.6 Å². The fraction of sp³-hybridized carbons (Fsp3) is 0.182. The molecule has 5 heteroatoms. The van der Waals surface area contributed by atoms with Gasteiger partial charge >= 0.3 is 6.09 Å². The number of methoxy groups -OCH3 is 1. The van der Waals surface area contributed by atoms with Gasteiger partial charge in [-0.3, -0.25) is 0 Å². The minimum Gasteiger partial charge on any atom is -0.452 e. The van der Waals surface area contributed by atoms with Crippen LogP contribution in [0.15, 0.2) is 22.7 Å². The smallest absolute Gasteiger partial charge is 0.418 e. The first-order valence-corrected chi connectivity index (χ1v) is 5.77. The summed E-state index contributed by atoms with van der Waals surface area (Å²) in [6.07, 6.45) is -0.401. The molecule has 0 aliphatic rings. The molecule has 0 spiro atoms. The van der Waals surface area contributed by atoms with Crippen LogP contribution in [0.1, 0.15) is 5.69 Å². The van der Waals surface area contributed by atoms with Crippen molar-refractivity contribution < 1.29 is 9.53 Å². The number of carbonyl (C=O) groups is 1. The summed E-state index contributed by atoms with van der Waals surface area (Å²) >= 11 is 9.39. The molecule has 0 fully saturated rings. The van der Waals surface area contributed by atoms with Crippen LogP contribution in [0.25, 0.3) is 10.9 Å². The average Bonchev–Trinajstić information content (AvgIpc) is 2.60. The Morgan fingerprint density at radius 2 is 2.19 bits per heavy atom. The average molecular weight is 303 g/mol. The summed E-state index contributed by atoms with van der Waals surface area (Å²) < 4.78 is 7.03. The molecule has 1 aromatic heterocycles. The molecule has 0 unspecified atom stereocenters. The van der Waals surface area contributed by atoms with Gasteiger partial charge in [0.25, 0.3) is 0 Å². The number of fused-ring (bicyclic) bond motifs is 1. The fourth-order valence-corrected chi connectivity index (χ4v) is 2.30. The number of halogens is 2. The van der Waals surface area contributed by atoms with Crippen molar-refractivity contribution in [3.05, 3.63) is 33.4 Å². The van der Waals surface area contributed by atoms with E-state index in [4.69, 9.17) is 16.3 Å². The molecule has 0 aliphatic heterocycles. The van der Waals surface area contributed by atoms with Crippen molar-refractivity contribution in [2.75, 3.05) is 7.11 Å². The maximum Gasteiger partial charge on any atom is 0.418 e. The molecule has 84 valence electrons. The van der Waals surface area contributed by atoms with Crippen LogP contribution >= 0.6 is 27.5 Å². The predicted octanol–water partition coefficient (Wildman–Crippen LogP) is 3.98. The topological polar surface area (TPSA) is 31.2 Å². The molecule has 0 saturated carbocycles. The molecule has 0 radical (unpaired) electrons. The van der Waals surface area contributed by atoms with Crippen molar-refractivity contribution in [2.45, 2.75) is 6.92 Å². The van der Waals surface area contributed by atoms with Crippen molar-refractivity contribution in [1.82, 2.24) is 4.57 Å². The first-order chi connectivity index (χ1) is 7.56. The summed E-state index contributed by atoms with van der Waals surface area (Å²) in [5.41, 5.74) is 1.59. The SMILES string of the molecule is COC(=O)n1c(C)cc2c(Br)c(Cl)ccc21. The minimum absolute atomic E-state index is 0.401. The highest BCUT2D eigenvalue weighted by Gasteiger charge is 2.15. The Balaban J connectivity index is 2.82. The highest BCUT2D eigenvalue weighted by atomic mass is 79.9. The third-order valence-corrected chi connectivity index (χ3v) is 3.81. The van der Waals surface area contributed by atoms with E-state index >= 15 is 0 Å². The van der Waals surface area contributed by atoms with Gasteiger partial charge in [0.2, 0.25) is 0 Å². The molecule has 0 bridgehead atoms. The van der Waals surface area contributed by atoms with Crippen LogP contribution < -0.4 is 0 Å². The van der Waals surface area contributed by atoms with Gasteiger partial charge in [0.05, 0.1) is 17.6 Å². The third-order valence-electron chi connectivity index (χ3n) is 2.41. The third kappa shape index (κ3) is 1.62. The molecule has 0 aliphatic carbocycles. The quantitative estimate of drug-likeness (QED) is 0.737. The maximum atomic E-state index is 11.6. The zero-order chi connectivity index (χ0) is 11.9. The number of hydrogen-bond donors (Lipinski definition) is 0. The van der Waals surface area contributed by atoms with E-state index in [1.807, 2.05) is 13.0 Å². The second-order valence-corrected chi connectivity index (χ2v) is 4.59. The summed E-state index contributed by atoms with van der Waals surface area (Å²) in [7, 11) is 1.36. The predicted molar refractivity (Wildman–Crippen MR) is 67.2 cm³/mol. The Hall–Kier alpha value is -1.00. The van der Waals surface area contributed by atoms with E-state index in [1.165, 1.54) is 11.7 Å². The lowest BCUT2D eigenvalue weighted by atomic mass is 10.2. The molecule has 0 atom stereocenters. The normalized spacial score (nSPS) is 10.8. The first-order valence-electron chi connectivity index (χ1n) is 4.60. The lowest BCUT2D eigenvalue weighted by molar-refractivity contribution is 0.173. The monoisotopic (exact) mass is 301 g/mol. The van der Waals surface area contributed by atoms with Gasteiger partial charge < -0.3 is 4.74 Å². The molecule has 1 aromatic carbocycles. The summed E-state index contributed by atoms with van der Waals surface area (Å²) in [5.74, 6) is 0. The Bertz CT molecular complexity index is 577. The number of ether oxygens (including phenoxy) is 1. The van der Waals surface area contributed by atoms with E-state index in [0.717, 1.165) is 21.1 Å². The van der Waals surface area contributed by atoms with Crippen LogP contribution in [0, 0.1) is 6.92 Å². The molecule has 1 heterocycles. The van der Waals surface area contributed by atoms with E-state index in [1.54, 1.807) is 12.1 Å². The Labute approximate surface area is 106 Å². The minimum atomic E-state index is -0.401. The van der Waals surface area contributed by atoms with Gasteiger partial charge in [0.1, 0.15) is 0 Å². The molecule has 3 nitrogen and oxygen atoms in total. The molecule has 0 N–H and O–H groups in total. The number of rotatable bonds is 0. The van der Waals surface area contributed by atoms with Gasteiger partial charge in [0.15, 0.2) is 0 Å². The van der Waals surface area contributed by atoms with E-state index in [9.17, 15) is 4.79 Å².